The highest BCUT2D eigenvalue weighted by Gasteiger charge is 2.10. The topological polar surface area (TPSA) is 67.8 Å². The zero-order valence-corrected chi connectivity index (χ0v) is 9.39. The second kappa shape index (κ2) is 4.08. The average molecular weight is 243 g/mol. The van der Waals surface area contributed by atoms with Gasteiger partial charge in [0.2, 0.25) is 5.91 Å². The fourth-order valence-electron chi connectivity index (χ4n) is 0.988. The van der Waals surface area contributed by atoms with Crippen molar-refractivity contribution in [2.45, 2.75) is 13.3 Å². The van der Waals surface area contributed by atoms with Crippen molar-refractivity contribution in [1.29, 1.82) is 0 Å². The summed E-state index contributed by atoms with van der Waals surface area (Å²) in [5, 5.41) is 3.45. The van der Waals surface area contributed by atoms with Crippen LogP contribution in [0.25, 0.3) is 10.3 Å². The van der Waals surface area contributed by atoms with Crippen LogP contribution in [0.1, 0.15) is 13.3 Å². The van der Waals surface area contributed by atoms with E-state index in [9.17, 15) is 4.79 Å². The highest BCUT2D eigenvalue weighted by atomic mass is 35.5. The number of halogens is 1. The Kier molecular flexibility index (Phi) is 2.79. The minimum Gasteiger partial charge on any atom is -0.302 e. The Labute approximate surface area is 94.5 Å². The van der Waals surface area contributed by atoms with Gasteiger partial charge in [-0.1, -0.05) is 29.9 Å². The van der Waals surface area contributed by atoms with Crippen LogP contribution < -0.4 is 5.32 Å². The van der Waals surface area contributed by atoms with Crippen molar-refractivity contribution in [1.82, 2.24) is 15.0 Å². The lowest BCUT2D eigenvalue weighted by Gasteiger charge is -1.95. The van der Waals surface area contributed by atoms with Gasteiger partial charge >= 0.3 is 0 Å². The number of thiazole rings is 1. The molecule has 2 heterocycles. The molecular formula is C8H7ClN4OS. The number of nitrogens with zero attached hydrogens (tertiary/aromatic N) is 3. The lowest BCUT2D eigenvalue weighted by atomic mass is 10.5. The van der Waals surface area contributed by atoms with E-state index in [2.05, 4.69) is 20.3 Å². The smallest absolute Gasteiger partial charge is 0.225 e. The summed E-state index contributed by atoms with van der Waals surface area (Å²) in [5.41, 5.74) is 0.524. The van der Waals surface area contributed by atoms with E-state index in [1.165, 1.54) is 17.7 Å². The molecule has 15 heavy (non-hydrogen) atoms. The number of aromatic nitrogens is 3. The summed E-state index contributed by atoms with van der Waals surface area (Å²) in [6.45, 7) is 1.77. The van der Waals surface area contributed by atoms with Gasteiger partial charge < -0.3 is 5.32 Å². The summed E-state index contributed by atoms with van der Waals surface area (Å²) >= 11 is 7.10. The molecule has 0 saturated carbocycles. The van der Waals surface area contributed by atoms with E-state index >= 15 is 0 Å². The van der Waals surface area contributed by atoms with Crippen molar-refractivity contribution in [2.24, 2.45) is 0 Å². The molecule has 0 atom stereocenters. The zero-order chi connectivity index (χ0) is 10.8. The Hall–Kier alpha value is -1.27. The van der Waals surface area contributed by atoms with Gasteiger partial charge in [0.25, 0.3) is 0 Å². The van der Waals surface area contributed by atoms with Gasteiger partial charge in [0.1, 0.15) is 16.7 Å². The van der Waals surface area contributed by atoms with Crippen LogP contribution in [0.3, 0.4) is 0 Å². The van der Waals surface area contributed by atoms with Crippen molar-refractivity contribution in [3.63, 3.8) is 0 Å². The number of amides is 1. The molecule has 0 aliphatic carbocycles. The van der Waals surface area contributed by atoms with E-state index in [1.54, 1.807) is 6.92 Å². The lowest BCUT2D eigenvalue weighted by Crippen LogP contribution is -2.08. The van der Waals surface area contributed by atoms with Gasteiger partial charge in [0.15, 0.2) is 10.3 Å². The van der Waals surface area contributed by atoms with E-state index in [0.29, 0.717) is 27.1 Å². The third kappa shape index (κ3) is 2.05. The van der Waals surface area contributed by atoms with E-state index in [0.717, 1.165) is 0 Å². The van der Waals surface area contributed by atoms with Crippen molar-refractivity contribution in [2.75, 3.05) is 5.32 Å². The summed E-state index contributed by atoms with van der Waals surface area (Å²) in [7, 11) is 0. The van der Waals surface area contributed by atoms with Crippen LogP contribution in [0.4, 0.5) is 5.13 Å². The average Bonchev–Trinajstić information content (AvgIpc) is 2.62. The summed E-state index contributed by atoms with van der Waals surface area (Å²) in [5.74, 6) is -0.0851. The maximum absolute atomic E-state index is 11.1. The molecule has 0 aliphatic heterocycles. The summed E-state index contributed by atoms with van der Waals surface area (Å²) in [4.78, 5) is 23.7. The molecule has 0 spiro atoms. The fraction of sp³-hybridized carbons (Fsp3) is 0.250. The number of carbonyl (C=O) groups excluding carboxylic acids is 1. The quantitative estimate of drug-likeness (QED) is 0.819. The van der Waals surface area contributed by atoms with Crippen LogP contribution in [0.2, 0.25) is 5.15 Å². The van der Waals surface area contributed by atoms with E-state index in [4.69, 9.17) is 11.6 Å². The Morgan fingerprint density at radius 1 is 1.60 bits per heavy atom. The highest BCUT2D eigenvalue weighted by molar-refractivity contribution is 7.22. The maximum Gasteiger partial charge on any atom is 0.225 e. The number of rotatable bonds is 2. The second-order valence-electron chi connectivity index (χ2n) is 2.74. The first kappa shape index (κ1) is 10.3. The number of hydrogen-bond donors (Lipinski definition) is 1. The Balaban J connectivity index is 2.39. The molecule has 2 aromatic heterocycles. The first-order chi connectivity index (χ1) is 7.20. The summed E-state index contributed by atoms with van der Waals surface area (Å²) in [6.07, 6.45) is 1.78. The molecule has 0 unspecified atom stereocenters. The van der Waals surface area contributed by atoms with E-state index < -0.39 is 0 Å². The highest BCUT2D eigenvalue weighted by Crippen LogP contribution is 2.27. The lowest BCUT2D eigenvalue weighted by molar-refractivity contribution is -0.115. The van der Waals surface area contributed by atoms with Crippen LogP contribution in [-0.4, -0.2) is 20.9 Å². The molecule has 0 radical (unpaired) electrons. The number of anilines is 1. The van der Waals surface area contributed by atoms with Crippen LogP contribution in [-0.2, 0) is 4.79 Å². The zero-order valence-electron chi connectivity index (χ0n) is 7.82. The van der Waals surface area contributed by atoms with Crippen molar-refractivity contribution in [3.05, 3.63) is 11.5 Å². The van der Waals surface area contributed by atoms with Crippen molar-refractivity contribution >= 4 is 44.3 Å². The van der Waals surface area contributed by atoms with Gasteiger partial charge in [-0.05, 0) is 0 Å². The molecule has 0 bridgehead atoms. The Morgan fingerprint density at radius 3 is 3.07 bits per heavy atom. The minimum absolute atomic E-state index is 0.0851. The largest absolute Gasteiger partial charge is 0.302 e. The van der Waals surface area contributed by atoms with Crippen LogP contribution >= 0.6 is 22.9 Å². The number of nitrogens with one attached hydrogen (secondary N) is 1. The minimum atomic E-state index is -0.0851. The van der Waals surface area contributed by atoms with Crippen molar-refractivity contribution in [3.8, 4) is 0 Å². The van der Waals surface area contributed by atoms with Gasteiger partial charge in [0, 0.05) is 6.42 Å². The first-order valence-corrected chi connectivity index (χ1v) is 5.47. The number of carbonyl (C=O) groups is 1. The molecular weight excluding hydrogens is 236 g/mol. The van der Waals surface area contributed by atoms with Gasteiger partial charge in [0.05, 0.1) is 0 Å². The SMILES string of the molecule is CCC(=O)Nc1nc2c(Cl)ncnc2s1. The predicted molar refractivity (Wildman–Crippen MR) is 59.1 cm³/mol. The van der Waals surface area contributed by atoms with Gasteiger partial charge in [-0.3, -0.25) is 4.79 Å². The summed E-state index contributed by atoms with van der Waals surface area (Å²) in [6, 6.07) is 0. The fourth-order valence-corrected chi connectivity index (χ4v) is 2.04. The van der Waals surface area contributed by atoms with Crippen LogP contribution in [0.15, 0.2) is 6.33 Å². The molecule has 1 amide bonds. The molecule has 0 fully saturated rings. The van der Waals surface area contributed by atoms with Gasteiger partial charge in [-0.2, -0.15) is 0 Å². The molecule has 0 aromatic carbocycles. The van der Waals surface area contributed by atoms with E-state index in [-0.39, 0.29) is 5.91 Å². The third-order valence-corrected chi connectivity index (χ3v) is 2.87. The van der Waals surface area contributed by atoms with E-state index in [1.807, 2.05) is 0 Å². The van der Waals surface area contributed by atoms with Crippen molar-refractivity contribution < 1.29 is 4.79 Å². The Morgan fingerprint density at radius 2 is 2.40 bits per heavy atom. The standard InChI is InChI=1S/C8H7ClN4OS/c1-2-4(14)12-8-13-5-6(9)10-3-11-7(5)15-8/h3H,2H2,1H3,(H,12,13,14). The molecule has 0 aliphatic rings. The molecule has 2 aromatic rings. The molecule has 1 N–H and O–H groups in total. The van der Waals surface area contributed by atoms with Gasteiger partial charge in [-0.15, -0.1) is 0 Å². The normalized spacial score (nSPS) is 10.5. The molecule has 0 saturated heterocycles. The third-order valence-electron chi connectivity index (χ3n) is 1.72. The monoisotopic (exact) mass is 242 g/mol. The first-order valence-electron chi connectivity index (χ1n) is 4.27. The molecule has 78 valence electrons. The molecule has 2 rings (SSSR count). The van der Waals surface area contributed by atoms with Crippen LogP contribution in [0.5, 0.6) is 0 Å². The van der Waals surface area contributed by atoms with Gasteiger partial charge in [-0.25, -0.2) is 15.0 Å². The Bertz CT molecular complexity index is 512. The number of fused-ring (bicyclic) bond motifs is 1. The predicted octanol–water partition coefficient (Wildman–Crippen LogP) is 2.09. The summed E-state index contributed by atoms with van der Waals surface area (Å²) < 4.78 is 0. The maximum atomic E-state index is 11.1. The van der Waals surface area contributed by atoms with Crippen LogP contribution in [0, 0.1) is 0 Å². The second-order valence-corrected chi connectivity index (χ2v) is 4.07. The molecule has 7 heteroatoms. The molecule has 5 nitrogen and oxygen atoms in total. The number of hydrogen-bond acceptors (Lipinski definition) is 5.